The van der Waals surface area contributed by atoms with E-state index < -0.39 is 11.6 Å². The summed E-state index contributed by atoms with van der Waals surface area (Å²) in [6.07, 6.45) is 5.33. The second kappa shape index (κ2) is 10.1. The van der Waals surface area contributed by atoms with Gasteiger partial charge in [-0.05, 0) is 18.2 Å². The summed E-state index contributed by atoms with van der Waals surface area (Å²) in [5.41, 5.74) is 1.16. The Morgan fingerprint density at radius 2 is 1.97 bits per heavy atom. The number of Topliss-reactive ketones (excluding diaryl/α,β-unsaturated/α-hetero) is 1. The van der Waals surface area contributed by atoms with Crippen LogP contribution in [0.2, 0.25) is 0 Å². The van der Waals surface area contributed by atoms with Gasteiger partial charge in [-0.2, -0.15) is 10.1 Å². The number of ketones is 1. The Hall–Kier alpha value is -4.94. The molecule has 0 amide bonds. The minimum atomic E-state index is -2.86. The highest BCUT2D eigenvalue weighted by atomic mass is 19.3. The fourth-order valence-electron chi connectivity index (χ4n) is 3.89. The number of aromatic nitrogens is 6. The Labute approximate surface area is 221 Å². The lowest BCUT2D eigenvalue weighted by atomic mass is 10.1. The minimum Gasteiger partial charge on any atom is -0.494 e. The fraction of sp³-hybridized carbons (Fsp3) is 0.231. The Morgan fingerprint density at radius 3 is 2.62 bits per heavy atom. The highest BCUT2D eigenvalue weighted by Crippen LogP contribution is 2.48. The van der Waals surface area contributed by atoms with Crippen molar-refractivity contribution in [3.63, 3.8) is 0 Å². The van der Waals surface area contributed by atoms with Gasteiger partial charge in [-0.1, -0.05) is 13.0 Å². The number of ether oxygens (including phenoxy) is 1. The highest BCUT2D eigenvalue weighted by Gasteiger charge is 2.51. The number of nitrogens with one attached hydrogen (secondary N) is 2. The fourth-order valence-corrected chi connectivity index (χ4v) is 3.89. The number of rotatable bonds is 9. The SMILES string of the molecule is CCC(=O)c1cnc(Nc2ccn(/C=C3\CC3(F)F)c(=O)n2)cc1Nc1cccc(-c2ncn(C)n2)c1OC. The number of halogens is 2. The van der Waals surface area contributed by atoms with Gasteiger partial charge in [0.25, 0.3) is 5.92 Å². The van der Waals surface area contributed by atoms with Crippen molar-refractivity contribution in [3.05, 3.63) is 70.7 Å². The van der Waals surface area contributed by atoms with Crippen molar-refractivity contribution >= 4 is 35.0 Å². The summed E-state index contributed by atoms with van der Waals surface area (Å²) in [6.45, 7) is 1.75. The van der Waals surface area contributed by atoms with Crippen LogP contribution in [0.1, 0.15) is 30.1 Å². The molecule has 0 bridgehead atoms. The molecule has 1 saturated carbocycles. The van der Waals surface area contributed by atoms with Crippen LogP contribution in [0, 0.1) is 0 Å². The predicted molar refractivity (Wildman–Crippen MR) is 141 cm³/mol. The van der Waals surface area contributed by atoms with Gasteiger partial charge >= 0.3 is 5.69 Å². The molecule has 1 aromatic carbocycles. The van der Waals surface area contributed by atoms with Crippen molar-refractivity contribution in [1.82, 2.24) is 29.3 Å². The summed E-state index contributed by atoms with van der Waals surface area (Å²) in [4.78, 5) is 37.5. The van der Waals surface area contributed by atoms with E-state index in [0.717, 1.165) is 10.8 Å². The maximum Gasteiger partial charge on any atom is 0.353 e. The highest BCUT2D eigenvalue weighted by molar-refractivity contribution is 6.02. The number of allylic oxidation sites excluding steroid dienone is 1. The molecule has 11 nitrogen and oxygen atoms in total. The van der Waals surface area contributed by atoms with Crippen LogP contribution in [0.4, 0.5) is 31.8 Å². The number of pyridine rings is 1. The number of nitrogens with zero attached hydrogens (tertiary/aromatic N) is 6. The molecule has 1 aliphatic rings. The molecule has 0 aliphatic heterocycles. The van der Waals surface area contributed by atoms with Gasteiger partial charge in [0.1, 0.15) is 18.0 Å². The topological polar surface area (TPSA) is 129 Å². The Morgan fingerprint density at radius 1 is 1.18 bits per heavy atom. The van der Waals surface area contributed by atoms with E-state index in [-0.39, 0.29) is 30.0 Å². The second-order valence-corrected chi connectivity index (χ2v) is 8.81. The largest absolute Gasteiger partial charge is 0.494 e. The standard InChI is InChI=1S/C26H24F2N8O3/c1-4-20(37)17-12-29-22(32-21-8-9-36(25(38)33-21)13-15-11-26(15,27)28)10-19(17)31-18-7-5-6-16(23(18)39-3)24-30-14-35(2)34-24/h5-10,12-14H,4,11H2,1-3H3,(H2,29,31,32,33,38)/b15-13+. The molecule has 13 heteroatoms. The number of alkyl halides is 2. The molecule has 0 unspecified atom stereocenters. The Balaban J connectivity index is 1.46. The van der Waals surface area contributed by atoms with Gasteiger partial charge in [0.2, 0.25) is 0 Å². The molecule has 1 aliphatic carbocycles. The van der Waals surface area contributed by atoms with Crippen LogP contribution in [0.15, 0.2) is 59.4 Å². The molecule has 0 spiro atoms. The lowest BCUT2D eigenvalue weighted by Gasteiger charge is -2.17. The monoisotopic (exact) mass is 534 g/mol. The third-order valence-corrected chi connectivity index (χ3v) is 5.99. The van der Waals surface area contributed by atoms with Gasteiger partial charge in [0.15, 0.2) is 17.4 Å². The Bertz CT molecular complexity index is 1660. The molecule has 0 atom stereocenters. The number of aryl methyl sites for hydroxylation is 1. The zero-order chi connectivity index (χ0) is 27.7. The van der Waals surface area contributed by atoms with Crippen LogP contribution in [0.5, 0.6) is 5.75 Å². The summed E-state index contributed by atoms with van der Waals surface area (Å²) in [5.74, 6) is -1.59. The number of para-hydroxylation sites is 1. The van der Waals surface area contributed by atoms with Gasteiger partial charge < -0.3 is 15.4 Å². The van der Waals surface area contributed by atoms with Gasteiger partial charge in [-0.15, -0.1) is 0 Å². The average Bonchev–Trinajstić information content (AvgIpc) is 3.28. The first-order valence-corrected chi connectivity index (χ1v) is 12.0. The molecule has 1 fully saturated rings. The first-order valence-electron chi connectivity index (χ1n) is 12.0. The predicted octanol–water partition coefficient (Wildman–Crippen LogP) is 4.40. The molecule has 0 radical (unpaired) electrons. The molecule has 3 heterocycles. The Kier molecular flexibility index (Phi) is 6.64. The number of carbonyl (C=O) groups excluding carboxylic acids is 1. The number of hydrogen-bond donors (Lipinski definition) is 2. The first kappa shape index (κ1) is 25.7. The maximum atomic E-state index is 13.2. The van der Waals surface area contributed by atoms with Crippen LogP contribution in [-0.2, 0) is 7.05 Å². The van der Waals surface area contributed by atoms with Gasteiger partial charge in [-0.3, -0.25) is 14.0 Å². The van der Waals surface area contributed by atoms with Crippen LogP contribution in [0.3, 0.4) is 0 Å². The summed E-state index contributed by atoms with van der Waals surface area (Å²) in [7, 11) is 3.29. The molecule has 2 N–H and O–H groups in total. The number of methoxy groups -OCH3 is 1. The molecule has 5 rings (SSSR count). The van der Waals surface area contributed by atoms with Gasteiger partial charge in [-0.25, -0.2) is 23.5 Å². The molecule has 39 heavy (non-hydrogen) atoms. The van der Waals surface area contributed by atoms with Crippen LogP contribution >= 0.6 is 0 Å². The molecule has 200 valence electrons. The quantitative estimate of drug-likeness (QED) is 0.300. The van der Waals surface area contributed by atoms with Gasteiger partial charge in [0.05, 0.1) is 29.6 Å². The molecular weight excluding hydrogens is 510 g/mol. The summed E-state index contributed by atoms with van der Waals surface area (Å²) in [6, 6.07) is 8.49. The number of anilines is 4. The second-order valence-electron chi connectivity index (χ2n) is 8.81. The summed E-state index contributed by atoms with van der Waals surface area (Å²) in [5, 5.41) is 10.5. The molecule has 3 aromatic heterocycles. The lowest BCUT2D eigenvalue weighted by molar-refractivity contribution is 0.0988. The third-order valence-electron chi connectivity index (χ3n) is 5.99. The lowest BCUT2D eigenvalue weighted by Crippen LogP contribution is -2.19. The van der Waals surface area contributed by atoms with E-state index in [1.54, 1.807) is 37.1 Å². The van der Waals surface area contributed by atoms with Crippen molar-refractivity contribution in [3.8, 4) is 17.1 Å². The summed E-state index contributed by atoms with van der Waals surface area (Å²) >= 11 is 0. The zero-order valence-electron chi connectivity index (χ0n) is 21.3. The van der Waals surface area contributed by atoms with E-state index in [2.05, 4.69) is 30.7 Å². The van der Waals surface area contributed by atoms with E-state index >= 15 is 0 Å². The smallest absolute Gasteiger partial charge is 0.353 e. The van der Waals surface area contributed by atoms with Crippen molar-refractivity contribution < 1.29 is 18.3 Å². The summed E-state index contributed by atoms with van der Waals surface area (Å²) < 4.78 is 34.6. The van der Waals surface area contributed by atoms with E-state index in [1.165, 1.54) is 25.6 Å². The number of benzene rings is 1. The average molecular weight is 535 g/mol. The van der Waals surface area contributed by atoms with Crippen molar-refractivity contribution in [2.24, 2.45) is 7.05 Å². The van der Waals surface area contributed by atoms with Crippen molar-refractivity contribution in [2.75, 3.05) is 17.7 Å². The van der Waals surface area contributed by atoms with Gasteiger partial charge in [0, 0.05) is 50.1 Å². The van der Waals surface area contributed by atoms with E-state index in [0.29, 0.717) is 39.9 Å². The van der Waals surface area contributed by atoms with E-state index in [1.807, 2.05) is 12.1 Å². The number of carbonyl (C=O) groups is 1. The molecule has 4 aromatic rings. The zero-order valence-corrected chi connectivity index (χ0v) is 21.3. The van der Waals surface area contributed by atoms with E-state index in [9.17, 15) is 18.4 Å². The van der Waals surface area contributed by atoms with Crippen LogP contribution < -0.4 is 21.1 Å². The van der Waals surface area contributed by atoms with Crippen LogP contribution in [-0.4, -0.2) is 48.1 Å². The molecular formula is C26H24F2N8O3. The van der Waals surface area contributed by atoms with E-state index in [4.69, 9.17) is 4.74 Å². The number of hydrogen-bond acceptors (Lipinski definition) is 9. The first-order chi connectivity index (χ1) is 18.7. The van der Waals surface area contributed by atoms with Crippen LogP contribution in [0.25, 0.3) is 17.6 Å². The minimum absolute atomic E-state index is 0.126. The normalized spacial score (nSPS) is 14.7. The van der Waals surface area contributed by atoms with Crippen molar-refractivity contribution in [1.29, 1.82) is 0 Å². The molecule has 0 saturated heterocycles. The third kappa shape index (κ3) is 5.37. The van der Waals surface area contributed by atoms with Crippen molar-refractivity contribution in [2.45, 2.75) is 25.7 Å². The maximum absolute atomic E-state index is 13.2.